The maximum Gasteiger partial charge on any atom is 0.337 e. The van der Waals surface area contributed by atoms with Crippen LogP contribution < -0.4 is 16.0 Å². The minimum atomic E-state index is -1.15. The van der Waals surface area contributed by atoms with Gasteiger partial charge in [-0.15, -0.1) is 0 Å². The number of nitrogens with one attached hydrogen (secondary N) is 1. The molecule has 0 radical (unpaired) electrons. The third-order valence-corrected chi connectivity index (χ3v) is 2.60. The molecule has 2 rings (SSSR count). The SMILES string of the molecule is Nc1c(C(=O)O)cccc1N1CC(=O)NC(=O)C1. The quantitative estimate of drug-likeness (QED) is 0.478. The van der Waals surface area contributed by atoms with E-state index in [9.17, 15) is 14.4 Å². The van der Waals surface area contributed by atoms with Crippen molar-refractivity contribution in [3.8, 4) is 0 Å². The summed E-state index contributed by atoms with van der Waals surface area (Å²) in [6.45, 7) is -0.0575. The smallest absolute Gasteiger partial charge is 0.337 e. The van der Waals surface area contributed by atoms with Crippen molar-refractivity contribution < 1.29 is 19.5 Å². The summed E-state index contributed by atoms with van der Waals surface area (Å²) in [4.78, 5) is 34.9. The van der Waals surface area contributed by atoms with Crippen molar-refractivity contribution in [2.24, 2.45) is 0 Å². The molecule has 18 heavy (non-hydrogen) atoms. The number of carbonyl (C=O) groups excluding carboxylic acids is 2. The van der Waals surface area contributed by atoms with E-state index in [0.717, 1.165) is 0 Å². The summed E-state index contributed by atoms with van der Waals surface area (Å²) >= 11 is 0. The van der Waals surface area contributed by atoms with Crippen molar-refractivity contribution in [2.75, 3.05) is 23.7 Å². The normalized spacial score (nSPS) is 15.4. The lowest BCUT2D eigenvalue weighted by molar-refractivity contribution is -0.130. The third kappa shape index (κ3) is 2.10. The van der Waals surface area contributed by atoms with Crippen LogP contribution in [0.25, 0.3) is 0 Å². The Hall–Kier alpha value is -2.57. The molecule has 1 aromatic carbocycles. The van der Waals surface area contributed by atoms with Crippen LogP contribution in [0.4, 0.5) is 11.4 Å². The highest BCUT2D eigenvalue weighted by molar-refractivity contribution is 6.04. The van der Waals surface area contributed by atoms with E-state index in [2.05, 4.69) is 5.32 Å². The average molecular weight is 249 g/mol. The highest BCUT2D eigenvalue weighted by Gasteiger charge is 2.25. The average Bonchev–Trinajstić information content (AvgIpc) is 2.27. The van der Waals surface area contributed by atoms with Crippen LogP contribution in [0.1, 0.15) is 10.4 Å². The van der Waals surface area contributed by atoms with Crippen molar-refractivity contribution in [3.63, 3.8) is 0 Å². The van der Waals surface area contributed by atoms with E-state index >= 15 is 0 Å². The van der Waals surface area contributed by atoms with Crippen LogP contribution in [0.2, 0.25) is 0 Å². The Morgan fingerprint density at radius 1 is 1.28 bits per heavy atom. The van der Waals surface area contributed by atoms with Gasteiger partial charge in [-0.05, 0) is 12.1 Å². The third-order valence-electron chi connectivity index (χ3n) is 2.60. The maximum atomic E-state index is 11.3. The zero-order chi connectivity index (χ0) is 13.3. The predicted octanol–water partition coefficient (Wildman–Crippen LogP) is -0.570. The highest BCUT2D eigenvalue weighted by atomic mass is 16.4. The number of imide groups is 1. The number of rotatable bonds is 2. The molecule has 0 atom stereocenters. The second-order valence-corrected chi connectivity index (χ2v) is 3.87. The summed E-state index contributed by atoms with van der Waals surface area (Å²) in [5.41, 5.74) is 6.11. The molecule has 0 aliphatic carbocycles. The summed E-state index contributed by atoms with van der Waals surface area (Å²) in [6, 6.07) is 4.47. The number of hydrogen-bond acceptors (Lipinski definition) is 5. The molecular weight excluding hydrogens is 238 g/mol. The van der Waals surface area contributed by atoms with Crippen LogP contribution >= 0.6 is 0 Å². The van der Waals surface area contributed by atoms with Crippen LogP contribution in [0, 0.1) is 0 Å². The summed E-state index contributed by atoms with van der Waals surface area (Å²) in [6.07, 6.45) is 0. The summed E-state index contributed by atoms with van der Waals surface area (Å²) in [5, 5.41) is 11.1. The van der Waals surface area contributed by atoms with E-state index in [0.29, 0.717) is 5.69 Å². The minimum Gasteiger partial charge on any atom is -0.478 e. The fourth-order valence-corrected chi connectivity index (χ4v) is 1.82. The molecule has 0 unspecified atom stereocenters. The van der Waals surface area contributed by atoms with Gasteiger partial charge in [-0.3, -0.25) is 14.9 Å². The molecule has 0 saturated carbocycles. The number of nitrogens with two attached hydrogens (primary N) is 1. The van der Waals surface area contributed by atoms with Crippen LogP contribution in [-0.4, -0.2) is 36.0 Å². The number of carbonyl (C=O) groups is 3. The zero-order valence-electron chi connectivity index (χ0n) is 9.34. The number of aromatic carboxylic acids is 1. The van der Waals surface area contributed by atoms with Gasteiger partial charge in [0.25, 0.3) is 0 Å². The van der Waals surface area contributed by atoms with Gasteiger partial charge in [-0.2, -0.15) is 0 Å². The number of amides is 2. The van der Waals surface area contributed by atoms with Gasteiger partial charge in [0.15, 0.2) is 0 Å². The Balaban J connectivity index is 2.39. The van der Waals surface area contributed by atoms with Gasteiger partial charge in [0.05, 0.1) is 30.0 Å². The molecule has 0 spiro atoms. The Morgan fingerprint density at radius 2 is 1.89 bits per heavy atom. The molecular formula is C11H11N3O4. The molecule has 2 amide bonds. The lowest BCUT2D eigenvalue weighted by Crippen LogP contribution is -2.51. The van der Waals surface area contributed by atoms with E-state index < -0.39 is 17.8 Å². The molecule has 4 N–H and O–H groups in total. The van der Waals surface area contributed by atoms with Crippen LogP contribution in [0.3, 0.4) is 0 Å². The first-order valence-electron chi connectivity index (χ1n) is 5.18. The van der Waals surface area contributed by atoms with E-state index in [4.69, 9.17) is 10.8 Å². The van der Waals surface area contributed by atoms with Gasteiger partial charge in [-0.25, -0.2) is 4.79 Å². The minimum absolute atomic E-state index is 0.0288. The van der Waals surface area contributed by atoms with Gasteiger partial charge in [0, 0.05) is 0 Å². The number of anilines is 2. The second-order valence-electron chi connectivity index (χ2n) is 3.87. The topological polar surface area (TPSA) is 113 Å². The van der Waals surface area contributed by atoms with Crippen molar-refractivity contribution in [1.29, 1.82) is 0 Å². The zero-order valence-corrected chi connectivity index (χ0v) is 9.34. The van der Waals surface area contributed by atoms with Gasteiger partial charge >= 0.3 is 5.97 Å². The first-order valence-corrected chi connectivity index (χ1v) is 5.18. The molecule has 94 valence electrons. The molecule has 0 aromatic heterocycles. The molecule has 7 heteroatoms. The largest absolute Gasteiger partial charge is 0.478 e. The Labute approximate surface area is 102 Å². The van der Waals surface area contributed by atoms with Gasteiger partial charge in [0.2, 0.25) is 11.8 Å². The monoisotopic (exact) mass is 249 g/mol. The number of carboxylic acids is 1. The summed E-state index contributed by atoms with van der Waals surface area (Å²) in [5.74, 6) is -2.03. The van der Waals surface area contributed by atoms with E-state index in [1.54, 1.807) is 6.07 Å². The summed E-state index contributed by atoms with van der Waals surface area (Å²) < 4.78 is 0. The van der Waals surface area contributed by atoms with E-state index in [1.165, 1.54) is 17.0 Å². The van der Waals surface area contributed by atoms with E-state index in [1.807, 2.05) is 0 Å². The number of benzene rings is 1. The van der Waals surface area contributed by atoms with Gasteiger partial charge in [-0.1, -0.05) is 6.07 Å². The Kier molecular flexibility index (Phi) is 2.88. The standard InChI is InChI=1S/C11H11N3O4/c12-10-6(11(17)18)2-1-3-7(10)14-4-8(15)13-9(16)5-14/h1-3H,4-5,12H2,(H,17,18)(H,13,15,16). The lowest BCUT2D eigenvalue weighted by atomic mass is 10.1. The number of para-hydroxylation sites is 1. The number of nitrogens with zero attached hydrogens (tertiary/aromatic N) is 1. The maximum absolute atomic E-state index is 11.3. The number of carboxylic acid groups (broad SMARTS) is 1. The molecule has 7 nitrogen and oxygen atoms in total. The van der Waals surface area contributed by atoms with Crippen molar-refractivity contribution in [2.45, 2.75) is 0 Å². The van der Waals surface area contributed by atoms with Crippen molar-refractivity contribution in [3.05, 3.63) is 23.8 Å². The van der Waals surface area contributed by atoms with Crippen molar-refractivity contribution in [1.82, 2.24) is 5.32 Å². The van der Waals surface area contributed by atoms with Crippen LogP contribution in [0.15, 0.2) is 18.2 Å². The first-order chi connectivity index (χ1) is 8.49. The lowest BCUT2D eigenvalue weighted by Gasteiger charge is -2.28. The molecule has 1 aliphatic rings. The molecule has 1 fully saturated rings. The number of piperazine rings is 1. The second kappa shape index (κ2) is 4.36. The molecule has 1 aromatic rings. The molecule has 1 heterocycles. The van der Waals surface area contributed by atoms with Crippen molar-refractivity contribution >= 4 is 29.2 Å². The highest BCUT2D eigenvalue weighted by Crippen LogP contribution is 2.27. The molecule has 0 bridgehead atoms. The number of nitrogen functional groups attached to an aromatic ring is 1. The van der Waals surface area contributed by atoms with Crippen LogP contribution in [-0.2, 0) is 9.59 Å². The molecule has 1 saturated heterocycles. The van der Waals surface area contributed by atoms with Crippen LogP contribution in [0.5, 0.6) is 0 Å². The Bertz CT molecular complexity index is 525. The van der Waals surface area contributed by atoms with E-state index in [-0.39, 0.29) is 24.3 Å². The Morgan fingerprint density at radius 3 is 2.44 bits per heavy atom. The fraction of sp³-hybridized carbons (Fsp3) is 0.182. The fourth-order valence-electron chi connectivity index (χ4n) is 1.82. The summed E-state index contributed by atoms with van der Waals surface area (Å²) in [7, 11) is 0. The first kappa shape index (κ1) is 11.9. The van der Waals surface area contributed by atoms with Gasteiger partial charge in [0.1, 0.15) is 0 Å². The number of hydrogen-bond donors (Lipinski definition) is 3. The van der Waals surface area contributed by atoms with Gasteiger partial charge < -0.3 is 15.7 Å². The predicted molar refractivity (Wildman–Crippen MR) is 63.2 cm³/mol. The molecule has 1 aliphatic heterocycles.